The lowest BCUT2D eigenvalue weighted by Crippen LogP contribution is -2.07. The van der Waals surface area contributed by atoms with Crippen molar-refractivity contribution in [2.24, 2.45) is 0 Å². The minimum Gasteiger partial charge on any atom is -0.475 e. The number of carboxylic acid groups (broad SMARTS) is 1. The molecule has 0 radical (unpaired) electrons. The third-order valence-corrected chi connectivity index (χ3v) is 1.82. The second-order valence-electron chi connectivity index (χ2n) is 3.06. The van der Waals surface area contributed by atoms with Crippen LogP contribution in [-0.2, 0) is 0 Å². The molecule has 1 heterocycles. The molecule has 0 unspecified atom stereocenters. The molecule has 0 bridgehead atoms. The summed E-state index contributed by atoms with van der Waals surface area (Å²) in [6.07, 6.45) is 6.53. The van der Waals surface area contributed by atoms with Crippen LogP contribution in [0.25, 0.3) is 6.08 Å². The van der Waals surface area contributed by atoms with Crippen LogP contribution in [0.15, 0.2) is 27.6 Å². The zero-order chi connectivity index (χ0) is 11.3. The lowest BCUT2D eigenvalue weighted by Gasteiger charge is -1.94. The van der Waals surface area contributed by atoms with E-state index in [1.807, 2.05) is 13.0 Å². The fourth-order valence-electron chi connectivity index (χ4n) is 1.03. The molecule has 0 atom stereocenters. The van der Waals surface area contributed by atoms with Crippen molar-refractivity contribution >= 4 is 12.0 Å². The first-order valence-electron chi connectivity index (χ1n) is 4.68. The van der Waals surface area contributed by atoms with Crippen LogP contribution < -0.4 is 5.43 Å². The van der Waals surface area contributed by atoms with Crippen LogP contribution in [0.4, 0.5) is 0 Å². The third kappa shape index (κ3) is 3.09. The second kappa shape index (κ2) is 5.14. The minimum absolute atomic E-state index is 0.340. The van der Waals surface area contributed by atoms with Crippen LogP contribution in [-0.4, -0.2) is 11.1 Å². The molecule has 0 aliphatic rings. The molecule has 15 heavy (non-hydrogen) atoms. The Balaban J connectivity index is 2.94. The zero-order valence-corrected chi connectivity index (χ0v) is 8.40. The van der Waals surface area contributed by atoms with E-state index in [2.05, 4.69) is 0 Å². The van der Waals surface area contributed by atoms with Gasteiger partial charge < -0.3 is 9.52 Å². The van der Waals surface area contributed by atoms with Crippen LogP contribution >= 0.6 is 0 Å². The zero-order valence-electron chi connectivity index (χ0n) is 8.40. The maximum absolute atomic E-state index is 11.4. The number of rotatable bonds is 4. The highest BCUT2D eigenvalue weighted by molar-refractivity contribution is 5.84. The third-order valence-electron chi connectivity index (χ3n) is 1.82. The standard InChI is InChI=1S/C11H12O4/c1-2-3-4-5-8-7-15-10(11(13)14)6-9(8)12/h4-7H,2-3H2,1H3,(H,13,14)/b5-4+. The van der Waals surface area contributed by atoms with Gasteiger partial charge in [-0.3, -0.25) is 4.79 Å². The van der Waals surface area contributed by atoms with Crippen molar-refractivity contribution in [1.29, 1.82) is 0 Å². The summed E-state index contributed by atoms with van der Waals surface area (Å²) in [5.74, 6) is -1.58. The van der Waals surface area contributed by atoms with E-state index in [1.165, 1.54) is 0 Å². The normalized spacial score (nSPS) is 10.7. The number of unbranched alkanes of at least 4 members (excludes halogenated alkanes) is 1. The molecule has 1 N–H and O–H groups in total. The fourth-order valence-corrected chi connectivity index (χ4v) is 1.03. The Morgan fingerprint density at radius 3 is 2.87 bits per heavy atom. The molecular formula is C11H12O4. The Morgan fingerprint density at radius 2 is 2.33 bits per heavy atom. The van der Waals surface area contributed by atoms with Crippen molar-refractivity contribution in [2.75, 3.05) is 0 Å². The lowest BCUT2D eigenvalue weighted by atomic mass is 10.2. The summed E-state index contributed by atoms with van der Waals surface area (Å²) in [4.78, 5) is 21.8. The van der Waals surface area contributed by atoms with E-state index >= 15 is 0 Å². The van der Waals surface area contributed by atoms with Gasteiger partial charge in [0.15, 0.2) is 5.43 Å². The van der Waals surface area contributed by atoms with Crippen LogP contribution in [0.1, 0.15) is 35.9 Å². The van der Waals surface area contributed by atoms with Gasteiger partial charge in [-0.25, -0.2) is 4.79 Å². The van der Waals surface area contributed by atoms with Gasteiger partial charge in [-0.15, -0.1) is 0 Å². The molecule has 0 aliphatic heterocycles. The maximum Gasteiger partial charge on any atom is 0.371 e. The van der Waals surface area contributed by atoms with E-state index in [1.54, 1.807) is 6.08 Å². The largest absolute Gasteiger partial charge is 0.475 e. The molecule has 0 amide bonds. The minimum atomic E-state index is -1.24. The molecule has 4 heteroatoms. The van der Waals surface area contributed by atoms with Crippen molar-refractivity contribution in [3.05, 3.63) is 40.0 Å². The smallest absolute Gasteiger partial charge is 0.371 e. The molecule has 1 rings (SSSR count). The molecule has 0 aromatic carbocycles. The van der Waals surface area contributed by atoms with Gasteiger partial charge in [-0.2, -0.15) is 0 Å². The Morgan fingerprint density at radius 1 is 1.60 bits per heavy atom. The first kappa shape index (κ1) is 11.2. The summed E-state index contributed by atoms with van der Waals surface area (Å²) >= 11 is 0. The number of allylic oxidation sites excluding steroid dienone is 1. The van der Waals surface area contributed by atoms with Gasteiger partial charge >= 0.3 is 5.97 Å². The topological polar surface area (TPSA) is 67.5 Å². The van der Waals surface area contributed by atoms with Crippen LogP contribution in [0, 0.1) is 0 Å². The van der Waals surface area contributed by atoms with Crippen LogP contribution in [0.3, 0.4) is 0 Å². The molecule has 0 spiro atoms. The predicted octanol–water partition coefficient (Wildman–Crippen LogP) is 2.15. The summed E-state index contributed by atoms with van der Waals surface area (Å²) < 4.78 is 4.78. The first-order chi connectivity index (χ1) is 7.15. The monoisotopic (exact) mass is 208 g/mol. The molecule has 0 saturated heterocycles. The van der Waals surface area contributed by atoms with E-state index in [-0.39, 0.29) is 11.2 Å². The number of hydrogen-bond donors (Lipinski definition) is 1. The van der Waals surface area contributed by atoms with E-state index in [0.717, 1.165) is 25.2 Å². The predicted molar refractivity (Wildman–Crippen MR) is 55.9 cm³/mol. The summed E-state index contributed by atoms with van der Waals surface area (Å²) in [6.45, 7) is 2.03. The van der Waals surface area contributed by atoms with Crippen molar-refractivity contribution in [3.8, 4) is 0 Å². The van der Waals surface area contributed by atoms with Gasteiger partial charge in [0, 0.05) is 6.07 Å². The summed E-state index contributed by atoms with van der Waals surface area (Å²) in [6, 6.07) is 0.980. The number of carbonyl (C=O) groups is 1. The molecule has 80 valence electrons. The van der Waals surface area contributed by atoms with Gasteiger partial charge in [0.2, 0.25) is 5.76 Å². The SMILES string of the molecule is CCC/C=C/c1coc(C(=O)O)cc1=O. The van der Waals surface area contributed by atoms with Crippen molar-refractivity contribution in [3.63, 3.8) is 0 Å². The molecular weight excluding hydrogens is 196 g/mol. The Bertz CT molecular complexity index is 428. The summed E-state index contributed by atoms with van der Waals surface area (Å²) in [7, 11) is 0. The Hall–Kier alpha value is -1.84. The maximum atomic E-state index is 11.4. The molecule has 1 aromatic rings. The van der Waals surface area contributed by atoms with Crippen molar-refractivity contribution < 1.29 is 14.3 Å². The Kier molecular flexibility index (Phi) is 3.85. The number of hydrogen-bond acceptors (Lipinski definition) is 3. The van der Waals surface area contributed by atoms with Gasteiger partial charge in [0.1, 0.15) is 6.26 Å². The molecule has 0 fully saturated rings. The number of aromatic carboxylic acids is 1. The van der Waals surface area contributed by atoms with Crippen LogP contribution in [0.5, 0.6) is 0 Å². The second-order valence-corrected chi connectivity index (χ2v) is 3.06. The van der Waals surface area contributed by atoms with E-state index < -0.39 is 5.97 Å². The highest BCUT2D eigenvalue weighted by Gasteiger charge is 2.07. The van der Waals surface area contributed by atoms with E-state index in [9.17, 15) is 9.59 Å². The van der Waals surface area contributed by atoms with Gasteiger partial charge in [-0.1, -0.05) is 25.5 Å². The van der Waals surface area contributed by atoms with Crippen LogP contribution in [0.2, 0.25) is 0 Å². The molecule has 0 saturated carbocycles. The summed E-state index contributed by atoms with van der Waals surface area (Å²) in [5.41, 5.74) is 0.0273. The van der Waals surface area contributed by atoms with Gasteiger partial charge in [0.05, 0.1) is 5.56 Å². The van der Waals surface area contributed by atoms with Gasteiger partial charge in [0.25, 0.3) is 0 Å². The van der Waals surface area contributed by atoms with E-state index in [0.29, 0.717) is 5.56 Å². The highest BCUT2D eigenvalue weighted by Crippen LogP contribution is 2.02. The highest BCUT2D eigenvalue weighted by atomic mass is 16.4. The average Bonchev–Trinajstić information content (AvgIpc) is 2.20. The quantitative estimate of drug-likeness (QED) is 0.823. The number of carboxylic acids is 1. The van der Waals surface area contributed by atoms with Crippen molar-refractivity contribution in [2.45, 2.75) is 19.8 Å². The lowest BCUT2D eigenvalue weighted by molar-refractivity contribution is 0.0659. The fraction of sp³-hybridized carbons (Fsp3) is 0.273. The first-order valence-corrected chi connectivity index (χ1v) is 4.68. The van der Waals surface area contributed by atoms with E-state index in [4.69, 9.17) is 9.52 Å². The summed E-state index contributed by atoms with van der Waals surface area (Å²) in [5, 5.41) is 8.56. The van der Waals surface area contributed by atoms with Crippen molar-refractivity contribution in [1.82, 2.24) is 0 Å². The Labute approximate surface area is 86.9 Å². The average molecular weight is 208 g/mol. The molecule has 4 nitrogen and oxygen atoms in total. The molecule has 0 aliphatic carbocycles. The molecule has 1 aromatic heterocycles. The van der Waals surface area contributed by atoms with Gasteiger partial charge in [-0.05, 0) is 6.42 Å².